The summed E-state index contributed by atoms with van der Waals surface area (Å²) >= 11 is 0. The van der Waals surface area contributed by atoms with Gasteiger partial charge in [-0.3, -0.25) is 0 Å². The monoisotopic (exact) mass is 238 g/mol. The summed E-state index contributed by atoms with van der Waals surface area (Å²) in [6.45, 7) is 1.81. The van der Waals surface area contributed by atoms with Crippen LogP contribution in [-0.4, -0.2) is 26.9 Å². The minimum absolute atomic E-state index is 0.0450. The number of amidine groups is 1. The molecule has 6 heteroatoms. The molecule has 0 saturated heterocycles. The number of ether oxygens (including phenoxy) is 1. The number of aryl methyl sites for hydroxylation is 2. The molecule has 17 heavy (non-hydrogen) atoms. The number of hydrogen-bond acceptors (Lipinski definition) is 4. The maximum Gasteiger partial charge on any atom is 0.223 e. The highest BCUT2D eigenvalue weighted by atomic mass is 16.5. The molecule has 94 valence electrons. The molecular weight excluding hydrogens is 220 g/mol. The summed E-state index contributed by atoms with van der Waals surface area (Å²) in [4.78, 5) is 0. The van der Waals surface area contributed by atoms with Gasteiger partial charge in [-0.1, -0.05) is 5.16 Å². The summed E-state index contributed by atoms with van der Waals surface area (Å²) in [5.74, 6) is 0.633. The molecule has 1 aliphatic rings. The van der Waals surface area contributed by atoms with Crippen LogP contribution in [0, 0.1) is 6.92 Å². The van der Waals surface area contributed by atoms with Gasteiger partial charge in [0.15, 0.2) is 5.84 Å². The second-order valence-electron chi connectivity index (χ2n) is 4.40. The van der Waals surface area contributed by atoms with Crippen LogP contribution >= 0.6 is 0 Å². The maximum atomic E-state index is 8.78. The Morgan fingerprint density at radius 3 is 2.76 bits per heavy atom. The van der Waals surface area contributed by atoms with Crippen LogP contribution in [0.3, 0.4) is 0 Å². The van der Waals surface area contributed by atoms with Gasteiger partial charge in [0.25, 0.3) is 0 Å². The van der Waals surface area contributed by atoms with Crippen molar-refractivity contribution in [1.82, 2.24) is 9.78 Å². The number of nitrogens with zero attached hydrogens (tertiary/aromatic N) is 3. The van der Waals surface area contributed by atoms with Gasteiger partial charge < -0.3 is 15.7 Å². The Morgan fingerprint density at radius 2 is 2.18 bits per heavy atom. The average Bonchev–Trinajstić information content (AvgIpc) is 2.88. The van der Waals surface area contributed by atoms with E-state index in [1.54, 1.807) is 11.7 Å². The zero-order valence-electron chi connectivity index (χ0n) is 10.2. The quantitative estimate of drug-likeness (QED) is 0.358. The molecular formula is C11H18N4O2. The second kappa shape index (κ2) is 4.65. The summed E-state index contributed by atoms with van der Waals surface area (Å²) < 4.78 is 7.55. The third-order valence-electron chi connectivity index (χ3n) is 3.11. The lowest BCUT2D eigenvalue weighted by atomic mass is 10.2. The van der Waals surface area contributed by atoms with Gasteiger partial charge in [0.2, 0.25) is 5.88 Å². The third-order valence-corrected chi connectivity index (χ3v) is 3.11. The van der Waals surface area contributed by atoms with Crippen molar-refractivity contribution in [3.63, 3.8) is 0 Å². The Kier molecular flexibility index (Phi) is 3.21. The number of nitrogens with two attached hydrogens (primary N) is 1. The van der Waals surface area contributed by atoms with Crippen molar-refractivity contribution < 1.29 is 9.94 Å². The van der Waals surface area contributed by atoms with Crippen LogP contribution in [0.4, 0.5) is 0 Å². The number of rotatable bonds is 3. The second-order valence-corrected chi connectivity index (χ2v) is 4.40. The number of aromatic nitrogens is 2. The van der Waals surface area contributed by atoms with Crippen LogP contribution in [0.1, 0.15) is 36.9 Å². The largest absolute Gasteiger partial charge is 0.474 e. The SMILES string of the molecule is Cc1nn(C)c(OC2CCCC2)c1C(N)=NO. The fourth-order valence-corrected chi connectivity index (χ4v) is 2.28. The van der Waals surface area contributed by atoms with Gasteiger partial charge in [-0.05, 0) is 32.6 Å². The molecule has 3 N–H and O–H groups in total. The number of oxime groups is 1. The molecule has 0 amide bonds. The molecule has 2 rings (SSSR count). The first-order chi connectivity index (χ1) is 8.13. The van der Waals surface area contributed by atoms with Crippen molar-refractivity contribution in [3.05, 3.63) is 11.3 Å². The molecule has 1 aromatic heterocycles. The molecule has 0 radical (unpaired) electrons. The Hall–Kier alpha value is -1.72. The van der Waals surface area contributed by atoms with Crippen LogP contribution in [0.15, 0.2) is 5.16 Å². The van der Waals surface area contributed by atoms with Crippen LogP contribution in [0.25, 0.3) is 0 Å². The molecule has 1 saturated carbocycles. The average molecular weight is 238 g/mol. The predicted molar refractivity (Wildman–Crippen MR) is 63.3 cm³/mol. The maximum absolute atomic E-state index is 8.78. The highest BCUT2D eigenvalue weighted by molar-refractivity contribution is 6.00. The molecule has 1 fully saturated rings. The zero-order chi connectivity index (χ0) is 12.4. The van der Waals surface area contributed by atoms with Gasteiger partial charge in [-0.25, -0.2) is 4.68 Å². The molecule has 1 aliphatic carbocycles. The van der Waals surface area contributed by atoms with Crippen molar-refractivity contribution in [1.29, 1.82) is 0 Å². The summed E-state index contributed by atoms with van der Waals surface area (Å²) in [5, 5.41) is 16.0. The molecule has 0 bridgehead atoms. The highest BCUT2D eigenvalue weighted by Crippen LogP contribution is 2.27. The van der Waals surface area contributed by atoms with Gasteiger partial charge in [0.1, 0.15) is 11.7 Å². The topological polar surface area (TPSA) is 85.7 Å². The van der Waals surface area contributed by atoms with E-state index >= 15 is 0 Å². The van der Waals surface area contributed by atoms with Gasteiger partial charge in [0.05, 0.1) is 5.69 Å². The highest BCUT2D eigenvalue weighted by Gasteiger charge is 2.23. The predicted octanol–water partition coefficient (Wildman–Crippen LogP) is 1.14. The lowest BCUT2D eigenvalue weighted by Crippen LogP contribution is -2.19. The molecule has 0 unspecified atom stereocenters. The van der Waals surface area contributed by atoms with E-state index in [-0.39, 0.29) is 11.9 Å². The first-order valence-electron chi connectivity index (χ1n) is 5.81. The first kappa shape index (κ1) is 11.8. The molecule has 0 spiro atoms. The lowest BCUT2D eigenvalue weighted by molar-refractivity contribution is 0.191. The summed E-state index contributed by atoms with van der Waals surface area (Å²) in [5.41, 5.74) is 6.94. The first-order valence-corrected chi connectivity index (χ1v) is 5.81. The lowest BCUT2D eigenvalue weighted by Gasteiger charge is -2.14. The van der Waals surface area contributed by atoms with E-state index < -0.39 is 0 Å². The van der Waals surface area contributed by atoms with E-state index in [9.17, 15) is 0 Å². The fraction of sp³-hybridized carbons (Fsp3) is 0.636. The Labute approximate surface area is 100 Å². The van der Waals surface area contributed by atoms with Crippen molar-refractivity contribution in [2.75, 3.05) is 0 Å². The van der Waals surface area contributed by atoms with Crippen LogP contribution in [0.5, 0.6) is 5.88 Å². The van der Waals surface area contributed by atoms with Crippen LogP contribution in [0.2, 0.25) is 0 Å². The Balaban J connectivity index is 2.31. The van der Waals surface area contributed by atoms with Gasteiger partial charge in [-0.2, -0.15) is 5.10 Å². The standard InChI is InChI=1S/C11H18N4O2/c1-7-9(10(12)14-16)11(15(2)13-7)17-8-5-3-4-6-8/h8,16H,3-6H2,1-2H3,(H2,12,14). The minimum atomic E-state index is 0.0450. The molecule has 0 atom stereocenters. The van der Waals surface area contributed by atoms with Crippen molar-refractivity contribution in [3.8, 4) is 5.88 Å². The van der Waals surface area contributed by atoms with E-state index in [0.717, 1.165) is 12.8 Å². The normalized spacial score (nSPS) is 17.6. The summed E-state index contributed by atoms with van der Waals surface area (Å²) in [6.07, 6.45) is 4.72. The smallest absolute Gasteiger partial charge is 0.223 e. The van der Waals surface area contributed by atoms with Crippen LogP contribution < -0.4 is 10.5 Å². The van der Waals surface area contributed by atoms with E-state index in [2.05, 4.69) is 10.3 Å². The van der Waals surface area contributed by atoms with Crippen molar-refractivity contribution in [2.45, 2.75) is 38.7 Å². The summed E-state index contributed by atoms with van der Waals surface area (Å²) in [6, 6.07) is 0. The van der Waals surface area contributed by atoms with E-state index in [1.807, 2.05) is 6.92 Å². The molecule has 0 aromatic carbocycles. The third kappa shape index (κ3) is 2.20. The van der Waals surface area contributed by atoms with E-state index in [0.29, 0.717) is 17.1 Å². The Bertz CT molecular complexity index is 433. The van der Waals surface area contributed by atoms with Crippen molar-refractivity contribution in [2.24, 2.45) is 17.9 Å². The van der Waals surface area contributed by atoms with E-state index in [1.165, 1.54) is 12.8 Å². The van der Waals surface area contributed by atoms with E-state index in [4.69, 9.17) is 15.7 Å². The minimum Gasteiger partial charge on any atom is -0.474 e. The molecule has 0 aliphatic heterocycles. The number of hydrogen-bond donors (Lipinski definition) is 2. The fourth-order valence-electron chi connectivity index (χ4n) is 2.28. The molecule has 1 heterocycles. The van der Waals surface area contributed by atoms with Crippen molar-refractivity contribution >= 4 is 5.84 Å². The van der Waals surface area contributed by atoms with Gasteiger partial charge in [-0.15, -0.1) is 0 Å². The van der Waals surface area contributed by atoms with Crippen LogP contribution in [-0.2, 0) is 7.05 Å². The summed E-state index contributed by atoms with van der Waals surface area (Å²) in [7, 11) is 1.80. The molecule has 6 nitrogen and oxygen atoms in total. The van der Waals surface area contributed by atoms with Gasteiger partial charge in [0, 0.05) is 7.05 Å². The Morgan fingerprint density at radius 1 is 1.53 bits per heavy atom. The molecule has 1 aromatic rings. The van der Waals surface area contributed by atoms with Gasteiger partial charge >= 0.3 is 0 Å². The zero-order valence-corrected chi connectivity index (χ0v) is 10.2.